The van der Waals surface area contributed by atoms with Crippen molar-refractivity contribution < 1.29 is 29.9 Å². The van der Waals surface area contributed by atoms with Crippen molar-refractivity contribution in [2.24, 2.45) is 5.10 Å². The molecule has 1 aromatic rings. The molecule has 1 fully saturated rings. The fourth-order valence-corrected chi connectivity index (χ4v) is 2.48. The molecule has 6 N–H and O–H groups in total. The monoisotopic (exact) mass is 371 g/mol. The molecule has 0 amide bonds. The number of benzene rings is 1. The first kappa shape index (κ1) is 19.5. The summed E-state index contributed by atoms with van der Waals surface area (Å²) in [5.74, 6) is 0.640. The SMILES string of the molecule is COc1ccccc1/C=N/NC(=S)N[C@@H]1O[C@H](CO)[C@@H](O)[C@H](O)[C@H]1O. The molecule has 0 unspecified atom stereocenters. The summed E-state index contributed by atoms with van der Waals surface area (Å²) in [5, 5.41) is 45.1. The lowest BCUT2D eigenvalue weighted by Gasteiger charge is -2.40. The van der Waals surface area contributed by atoms with Crippen LogP contribution in [0.25, 0.3) is 0 Å². The Bertz CT molecular complexity index is 615. The zero-order valence-corrected chi connectivity index (χ0v) is 14.3. The van der Waals surface area contributed by atoms with Crippen LogP contribution in [0, 0.1) is 0 Å². The Hall–Kier alpha value is -1.82. The fourth-order valence-electron chi connectivity index (χ4n) is 2.32. The molecule has 1 aliphatic heterocycles. The molecule has 9 nitrogen and oxygen atoms in total. The number of para-hydroxylation sites is 1. The van der Waals surface area contributed by atoms with Gasteiger partial charge in [-0.1, -0.05) is 12.1 Å². The van der Waals surface area contributed by atoms with Crippen molar-refractivity contribution in [1.82, 2.24) is 10.7 Å². The average molecular weight is 371 g/mol. The molecular weight excluding hydrogens is 350 g/mol. The van der Waals surface area contributed by atoms with Crippen LogP contribution in [0.3, 0.4) is 0 Å². The second kappa shape index (κ2) is 9.04. The molecule has 0 aliphatic carbocycles. The summed E-state index contributed by atoms with van der Waals surface area (Å²) in [6, 6.07) is 7.24. The summed E-state index contributed by atoms with van der Waals surface area (Å²) in [5.41, 5.74) is 3.28. The van der Waals surface area contributed by atoms with Crippen molar-refractivity contribution >= 4 is 23.5 Å². The molecular formula is C15H21N3O6S. The summed E-state index contributed by atoms with van der Waals surface area (Å²) in [7, 11) is 1.55. The van der Waals surface area contributed by atoms with E-state index in [1.165, 1.54) is 6.21 Å². The minimum absolute atomic E-state index is 0.0236. The number of thiocarbonyl (C=S) groups is 1. The summed E-state index contributed by atoms with van der Waals surface area (Å²) in [6.45, 7) is -0.519. The van der Waals surface area contributed by atoms with E-state index in [1.54, 1.807) is 19.2 Å². The van der Waals surface area contributed by atoms with Gasteiger partial charge in [-0.2, -0.15) is 5.10 Å². The third-order valence-corrected chi connectivity index (χ3v) is 3.88. The fraction of sp³-hybridized carbons (Fsp3) is 0.467. The predicted molar refractivity (Wildman–Crippen MR) is 93.2 cm³/mol. The van der Waals surface area contributed by atoms with Crippen molar-refractivity contribution in [3.8, 4) is 5.75 Å². The molecule has 5 atom stereocenters. The van der Waals surface area contributed by atoms with Crippen molar-refractivity contribution in [3.05, 3.63) is 29.8 Å². The van der Waals surface area contributed by atoms with E-state index in [0.29, 0.717) is 5.75 Å². The van der Waals surface area contributed by atoms with E-state index < -0.39 is 37.3 Å². The number of nitrogens with zero attached hydrogens (tertiary/aromatic N) is 1. The van der Waals surface area contributed by atoms with Crippen LogP contribution in [-0.4, -0.2) is 76.1 Å². The number of hydrogen-bond donors (Lipinski definition) is 6. The van der Waals surface area contributed by atoms with E-state index in [2.05, 4.69) is 15.8 Å². The second-order valence-corrected chi connectivity index (χ2v) is 5.74. The Morgan fingerprint density at radius 3 is 2.68 bits per heavy atom. The minimum atomic E-state index is -1.48. The van der Waals surface area contributed by atoms with Gasteiger partial charge in [0.25, 0.3) is 0 Å². The highest BCUT2D eigenvalue weighted by molar-refractivity contribution is 7.80. The highest BCUT2D eigenvalue weighted by Crippen LogP contribution is 2.19. The van der Waals surface area contributed by atoms with Crippen LogP contribution < -0.4 is 15.5 Å². The standard InChI is InChI=1S/C15H21N3O6S/c1-23-9-5-3-2-4-8(9)6-16-18-15(25)17-14-13(22)12(21)11(20)10(7-19)24-14/h2-6,10-14,19-22H,7H2,1H3,(H2,17,18,25)/b16-6+/t10-,11-,12+,13-,14-/m1/s1. The molecule has 138 valence electrons. The van der Waals surface area contributed by atoms with Gasteiger partial charge in [0.05, 0.1) is 19.9 Å². The van der Waals surface area contributed by atoms with Gasteiger partial charge in [-0.3, -0.25) is 5.43 Å². The lowest BCUT2D eigenvalue weighted by Crippen LogP contribution is -2.63. The van der Waals surface area contributed by atoms with Gasteiger partial charge in [-0.05, 0) is 24.4 Å². The van der Waals surface area contributed by atoms with E-state index >= 15 is 0 Å². The zero-order chi connectivity index (χ0) is 18.4. The van der Waals surface area contributed by atoms with Crippen LogP contribution >= 0.6 is 12.2 Å². The second-order valence-electron chi connectivity index (χ2n) is 5.33. The Kier molecular flexibility index (Phi) is 7.05. The first-order valence-electron chi connectivity index (χ1n) is 7.51. The molecule has 0 spiro atoms. The maximum Gasteiger partial charge on any atom is 0.189 e. The van der Waals surface area contributed by atoms with Crippen LogP contribution in [0.1, 0.15) is 5.56 Å². The molecule has 2 rings (SSSR count). The predicted octanol–water partition coefficient (Wildman–Crippen LogP) is -1.71. The summed E-state index contributed by atoms with van der Waals surface area (Å²) >= 11 is 5.04. The maximum absolute atomic E-state index is 9.92. The number of hydrogen-bond acceptors (Lipinski definition) is 8. The number of rotatable bonds is 5. The van der Waals surface area contributed by atoms with Gasteiger partial charge in [0, 0.05) is 5.56 Å². The summed E-state index contributed by atoms with van der Waals surface area (Å²) < 4.78 is 10.5. The van der Waals surface area contributed by atoms with E-state index in [-0.39, 0.29) is 5.11 Å². The van der Waals surface area contributed by atoms with E-state index in [4.69, 9.17) is 26.8 Å². The van der Waals surface area contributed by atoms with Crippen molar-refractivity contribution in [1.29, 1.82) is 0 Å². The van der Waals surface area contributed by atoms with E-state index in [1.807, 2.05) is 12.1 Å². The number of hydrazone groups is 1. The molecule has 25 heavy (non-hydrogen) atoms. The zero-order valence-electron chi connectivity index (χ0n) is 13.4. The minimum Gasteiger partial charge on any atom is -0.496 e. The average Bonchev–Trinajstić information content (AvgIpc) is 2.62. The van der Waals surface area contributed by atoms with E-state index in [9.17, 15) is 15.3 Å². The van der Waals surface area contributed by atoms with Crippen LogP contribution in [0.5, 0.6) is 5.75 Å². The quantitative estimate of drug-likeness (QED) is 0.203. The third kappa shape index (κ3) is 4.84. The number of ether oxygens (including phenoxy) is 2. The van der Waals surface area contributed by atoms with Crippen LogP contribution in [0.15, 0.2) is 29.4 Å². The normalized spacial score (nSPS) is 29.4. The molecule has 1 aromatic carbocycles. The van der Waals surface area contributed by atoms with Gasteiger partial charge >= 0.3 is 0 Å². The lowest BCUT2D eigenvalue weighted by molar-refractivity contribution is -0.232. The highest BCUT2D eigenvalue weighted by Gasteiger charge is 2.43. The highest BCUT2D eigenvalue weighted by atomic mass is 32.1. The van der Waals surface area contributed by atoms with Crippen molar-refractivity contribution in [2.45, 2.75) is 30.6 Å². The molecule has 0 bridgehead atoms. The topological polar surface area (TPSA) is 136 Å². The number of nitrogens with one attached hydrogen (secondary N) is 2. The van der Waals surface area contributed by atoms with Gasteiger partial charge in [-0.15, -0.1) is 0 Å². The molecule has 10 heteroatoms. The van der Waals surface area contributed by atoms with Gasteiger partial charge in [0.2, 0.25) is 0 Å². The van der Waals surface area contributed by atoms with E-state index in [0.717, 1.165) is 5.56 Å². The van der Waals surface area contributed by atoms with Crippen molar-refractivity contribution in [2.75, 3.05) is 13.7 Å². The first-order valence-corrected chi connectivity index (χ1v) is 7.92. The number of aliphatic hydroxyl groups is 4. The number of methoxy groups -OCH3 is 1. The van der Waals surface area contributed by atoms with Crippen LogP contribution in [0.4, 0.5) is 0 Å². The Balaban J connectivity index is 1.92. The smallest absolute Gasteiger partial charge is 0.189 e. The van der Waals surface area contributed by atoms with Gasteiger partial charge in [-0.25, -0.2) is 0 Å². The summed E-state index contributed by atoms with van der Waals surface area (Å²) in [6.07, 6.45) is -4.98. The Morgan fingerprint density at radius 1 is 1.28 bits per heavy atom. The van der Waals surface area contributed by atoms with Gasteiger partial charge in [0.1, 0.15) is 30.2 Å². The first-order chi connectivity index (χ1) is 12.0. The largest absolute Gasteiger partial charge is 0.496 e. The third-order valence-electron chi connectivity index (χ3n) is 3.67. The molecule has 1 heterocycles. The lowest BCUT2D eigenvalue weighted by atomic mass is 9.98. The van der Waals surface area contributed by atoms with Gasteiger partial charge < -0.3 is 35.2 Å². The van der Waals surface area contributed by atoms with Gasteiger partial charge in [0.15, 0.2) is 11.3 Å². The summed E-state index contributed by atoms with van der Waals surface area (Å²) in [4.78, 5) is 0. The molecule has 1 saturated heterocycles. The van der Waals surface area contributed by atoms with Crippen molar-refractivity contribution in [3.63, 3.8) is 0 Å². The van der Waals surface area contributed by atoms with Crippen LogP contribution in [0.2, 0.25) is 0 Å². The number of aliphatic hydroxyl groups excluding tert-OH is 4. The molecule has 0 radical (unpaired) electrons. The Labute approximate surface area is 149 Å². The molecule has 1 aliphatic rings. The Morgan fingerprint density at radius 2 is 2.00 bits per heavy atom. The van der Waals surface area contributed by atoms with Crippen LogP contribution in [-0.2, 0) is 4.74 Å². The maximum atomic E-state index is 9.92. The molecule has 0 aromatic heterocycles. The molecule has 0 saturated carbocycles.